The minimum Gasteiger partial charge on any atom is -0.497 e. The van der Waals surface area contributed by atoms with Gasteiger partial charge in [-0.1, -0.05) is 16.9 Å². The second-order valence-corrected chi connectivity index (χ2v) is 5.35. The smallest absolute Gasteiger partial charge is 0.244 e. The van der Waals surface area contributed by atoms with E-state index in [0.29, 0.717) is 22.5 Å². The number of rotatable bonds is 3. The van der Waals surface area contributed by atoms with E-state index in [1.54, 1.807) is 20.1 Å². The van der Waals surface area contributed by atoms with E-state index in [1.807, 2.05) is 24.3 Å². The zero-order valence-electron chi connectivity index (χ0n) is 11.6. The van der Waals surface area contributed by atoms with Crippen LogP contribution in [0.15, 0.2) is 39.8 Å². The molecule has 6 nitrogen and oxygen atoms in total. The van der Waals surface area contributed by atoms with Crippen molar-refractivity contribution < 1.29 is 14.1 Å². The van der Waals surface area contributed by atoms with Gasteiger partial charge in [-0.05, 0) is 31.2 Å². The van der Waals surface area contributed by atoms with Gasteiger partial charge in [0.05, 0.1) is 18.6 Å². The number of benzene rings is 1. The number of aromatic nitrogens is 1. The van der Waals surface area contributed by atoms with E-state index in [-0.39, 0.29) is 5.91 Å². The number of thioether (sulfide) groups is 1. The Labute approximate surface area is 125 Å². The lowest BCUT2D eigenvalue weighted by molar-refractivity contribution is -0.115. The third-order valence-electron chi connectivity index (χ3n) is 2.91. The molecule has 1 aliphatic heterocycles. The third-order valence-corrected chi connectivity index (χ3v) is 3.83. The second-order valence-electron chi connectivity index (χ2n) is 4.41. The average molecular weight is 303 g/mol. The average Bonchev–Trinajstić information content (AvgIpc) is 3.06. The molecular weight excluding hydrogens is 290 g/mol. The molecule has 0 unspecified atom stereocenters. The first kappa shape index (κ1) is 13.7. The molecule has 1 aromatic carbocycles. The Morgan fingerprint density at radius 2 is 2.14 bits per heavy atom. The summed E-state index contributed by atoms with van der Waals surface area (Å²) >= 11 is 1.38. The topological polar surface area (TPSA) is 67.9 Å². The van der Waals surface area contributed by atoms with Crippen LogP contribution in [-0.4, -0.2) is 29.1 Å². The largest absolute Gasteiger partial charge is 0.497 e. The minimum atomic E-state index is -0.0550. The molecule has 2 heterocycles. The number of amidine groups is 1. The van der Waals surface area contributed by atoms with E-state index in [2.05, 4.69) is 10.1 Å². The summed E-state index contributed by atoms with van der Waals surface area (Å²) in [5.41, 5.74) is 0.748. The van der Waals surface area contributed by atoms with E-state index in [1.165, 1.54) is 16.7 Å². The Morgan fingerprint density at radius 1 is 1.38 bits per heavy atom. The molecule has 1 aliphatic rings. The Morgan fingerprint density at radius 3 is 2.76 bits per heavy atom. The van der Waals surface area contributed by atoms with Crippen molar-refractivity contribution in [2.45, 2.75) is 6.92 Å². The maximum atomic E-state index is 12.0. The van der Waals surface area contributed by atoms with E-state index in [9.17, 15) is 4.79 Å². The van der Waals surface area contributed by atoms with Crippen molar-refractivity contribution in [3.8, 4) is 5.75 Å². The van der Waals surface area contributed by atoms with Gasteiger partial charge in [0.1, 0.15) is 11.5 Å². The maximum Gasteiger partial charge on any atom is 0.244 e. The fourth-order valence-electron chi connectivity index (χ4n) is 1.90. The van der Waals surface area contributed by atoms with Crippen LogP contribution in [0.5, 0.6) is 5.75 Å². The van der Waals surface area contributed by atoms with Gasteiger partial charge in [0.15, 0.2) is 11.0 Å². The summed E-state index contributed by atoms with van der Waals surface area (Å²) in [5.74, 6) is 2.17. The summed E-state index contributed by atoms with van der Waals surface area (Å²) in [6, 6.07) is 9.03. The molecule has 0 aliphatic carbocycles. The minimum absolute atomic E-state index is 0.0550. The number of hydrogen-bond donors (Lipinski definition) is 0. The first-order valence-electron chi connectivity index (χ1n) is 6.29. The van der Waals surface area contributed by atoms with Crippen LogP contribution in [0.4, 0.5) is 11.5 Å². The lowest BCUT2D eigenvalue weighted by atomic mass is 10.3. The Balaban J connectivity index is 1.91. The third kappa shape index (κ3) is 2.78. The van der Waals surface area contributed by atoms with Crippen LogP contribution in [0.3, 0.4) is 0 Å². The highest BCUT2D eigenvalue weighted by Gasteiger charge is 2.31. The zero-order valence-corrected chi connectivity index (χ0v) is 12.4. The molecule has 0 N–H and O–H groups in total. The van der Waals surface area contributed by atoms with E-state index < -0.39 is 0 Å². The van der Waals surface area contributed by atoms with Crippen molar-refractivity contribution in [2.75, 3.05) is 17.8 Å². The molecule has 0 spiro atoms. The molecule has 1 saturated heterocycles. The predicted octanol–water partition coefficient (Wildman–Crippen LogP) is 2.76. The van der Waals surface area contributed by atoms with Crippen molar-refractivity contribution in [2.24, 2.45) is 4.99 Å². The van der Waals surface area contributed by atoms with Crippen LogP contribution in [0.1, 0.15) is 5.76 Å². The van der Waals surface area contributed by atoms with Crippen LogP contribution in [0.2, 0.25) is 0 Å². The summed E-state index contributed by atoms with van der Waals surface area (Å²) in [6.07, 6.45) is 0. The molecule has 0 saturated carbocycles. The molecule has 0 bridgehead atoms. The van der Waals surface area contributed by atoms with Crippen LogP contribution in [0.25, 0.3) is 0 Å². The monoisotopic (exact) mass is 303 g/mol. The second kappa shape index (κ2) is 5.61. The first-order chi connectivity index (χ1) is 10.2. The van der Waals surface area contributed by atoms with Gasteiger partial charge in [-0.3, -0.25) is 4.79 Å². The highest BCUT2D eigenvalue weighted by molar-refractivity contribution is 8.15. The number of ether oxygens (including phenoxy) is 1. The molecule has 1 aromatic heterocycles. The fourth-order valence-corrected chi connectivity index (χ4v) is 2.77. The van der Waals surface area contributed by atoms with E-state index in [4.69, 9.17) is 9.26 Å². The van der Waals surface area contributed by atoms with Gasteiger partial charge >= 0.3 is 0 Å². The molecular formula is C14H13N3O3S. The highest BCUT2D eigenvalue weighted by Crippen LogP contribution is 2.29. The van der Waals surface area contributed by atoms with Crippen LogP contribution < -0.4 is 9.64 Å². The molecule has 3 rings (SSSR count). The molecule has 7 heteroatoms. The maximum absolute atomic E-state index is 12.0. The molecule has 1 amide bonds. The SMILES string of the molecule is COc1ccc(N=C2SCC(=O)N2c2cc(C)on2)cc1. The molecule has 1 fully saturated rings. The van der Waals surface area contributed by atoms with Gasteiger partial charge in [-0.2, -0.15) is 0 Å². The summed E-state index contributed by atoms with van der Waals surface area (Å²) in [7, 11) is 1.61. The Kier molecular flexibility index (Phi) is 3.66. The standard InChI is InChI=1S/C14H13N3O3S/c1-9-7-12(16-20-9)17-13(18)8-21-14(17)15-10-3-5-11(19-2)6-4-10/h3-7H,8H2,1-2H3. The lowest BCUT2D eigenvalue weighted by Crippen LogP contribution is -2.29. The van der Waals surface area contributed by atoms with Gasteiger partial charge in [-0.25, -0.2) is 9.89 Å². The zero-order chi connectivity index (χ0) is 14.8. The number of carbonyl (C=O) groups is 1. The molecule has 2 aromatic rings. The molecule has 108 valence electrons. The lowest BCUT2D eigenvalue weighted by Gasteiger charge is -2.11. The molecule has 0 radical (unpaired) electrons. The first-order valence-corrected chi connectivity index (χ1v) is 7.28. The van der Waals surface area contributed by atoms with Crippen molar-refractivity contribution in [3.63, 3.8) is 0 Å². The number of anilines is 1. The van der Waals surface area contributed by atoms with Crippen LogP contribution in [0, 0.1) is 6.92 Å². The van der Waals surface area contributed by atoms with Crippen LogP contribution >= 0.6 is 11.8 Å². The Hall–Kier alpha value is -2.28. The molecule has 0 atom stereocenters. The van der Waals surface area contributed by atoms with E-state index in [0.717, 1.165) is 11.4 Å². The van der Waals surface area contributed by atoms with E-state index >= 15 is 0 Å². The number of aryl methyl sites for hydroxylation is 1. The van der Waals surface area contributed by atoms with Gasteiger partial charge in [-0.15, -0.1) is 0 Å². The van der Waals surface area contributed by atoms with Crippen molar-refractivity contribution in [3.05, 3.63) is 36.1 Å². The fraction of sp³-hybridized carbons (Fsp3) is 0.214. The van der Waals surface area contributed by atoms with Gasteiger partial charge in [0.25, 0.3) is 0 Å². The number of carbonyl (C=O) groups excluding carboxylic acids is 1. The normalized spacial score (nSPS) is 16.8. The molecule has 21 heavy (non-hydrogen) atoms. The highest BCUT2D eigenvalue weighted by atomic mass is 32.2. The van der Waals surface area contributed by atoms with Gasteiger partial charge in [0.2, 0.25) is 5.91 Å². The van der Waals surface area contributed by atoms with Crippen molar-refractivity contribution >= 4 is 34.3 Å². The predicted molar refractivity (Wildman–Crippen MR) is 81.3 cm³/mol. The number of hydrogen-bond acceptors (Lipinski definition) is 6. The summed E-state index contributed by atoms with van der Waals surface area (Å²) in [5, 5.41) is 4.48. The van der Waals surface area contributed by atoms with Gasteiger partial charge in [0, 0.05) is 6.07 Å². The van der Waals surface area contributed by atoms with Gasteiger partial charge < -0.3 is 9.26 Å². The summed E-state index contributed by atoms with van der Waals surface area (Å²) in [6.45, 7) is 1.78. The number of nitrogens with zero attached hydrogens (tertiary/aromatic N) is 3. The van der Waals surface area contributed by atoms with Crippen molar-refractivity contribution in [1.29, 1.82) is 0 Å². The Bertz CT molecular complexity index is 694. The quantitative estimate of drug-likeness (QED) is 0.872. The number of methoxy groups -OCH3 is 1. The van der Waals surface area contributed by atoms with Crippen molar-refractivity contribution in [1.82, 2.24) is 5.16 Å². The number of aliphatic imine (C=N–C) groups is 1. The summed E-state index contributed by atoms with van der Waals surface area (Å²) in [4.78, 5) is 18.0. The summed E-state index contributed by atoms with van der Waals surface area (Å²) < 4.78 is 10.1. The van der Waals surface area contributed by atoms with Crippen LogP contribution in [-0.2, 0) is 4.79 Å². The number of amides is 1.